The highest BCUT2D eigenvalue weighted by Crippen LogP contribution is 2.13. The zero-order valence-corrected chi connectivity index (χ0v) is 16.1. The number of amides is 2. The maximum absolute atomic E-state index is 12.1. The second-order valence-electron chi connectivity index (χ2n) is 6.44. The van der Waals surface area contributed by atoms with Crippen molar-refractivity contribution in [2.45, 2.75) is 26.2 Å². The Morgan fingerprint density at radius 3 is 2.41 bits per heavy atom. The summed E-state index contributed by atoms with van der Waals surface area (Å²) in [7, 11) is 1.64. The molecule has 5 heteroatoms. The van der Waals surface area contributed by atoms with Crippen molar-refractivity contribution >= 4 is 11.8 Å². The lowest BCUT2D eigenvalue weighted by atomic mass is 10.1. The van der Waals surface area contributed by atoms with Gasteiger partial charge in [-0.2, -0.15) is 0 Å². The van der Waals surface area contributed by atoms with E-state index in [1.807, 2.05) is 54.6 Å². The number of hydrogen-bond donors (Lipinski definition) is 1. The summed E-state index contributed by atoms with van der Waals surface area (Å²) in [6.45, 7) is 3.15. The largest absolute Gasteiger partial charge is 0.497 e. The van der Waals surface area contributed by atoms with Crippen molar-refractivity contribution in [2.75, 3.05) is 26.7 Å². The van der Waals surface area contributed by atoms with E-state index in [2.05, 4.69) is 5.32 Å². The summed E-state index contributed by atoms with van der Waals surface area (Å²) in [6, 6.07) is 17.9. The van der Waals surface area contributed by atoms with Crippen LogP contribution in [0, 0.1) is 0 Å². The quantitative estimate of drug-likeness (QED) is 0.702. The molecule has 0 saturated heterocycles. The first-order valence-electron chi connectivity index (χ1n) is 9.27. The zero-order chi connectivity index (χ0) is 19.5. The van der Waals surface area contributed by atoms with Gasteiger partial charge in [0, 0.05) is 33.0 Å². The molecule has 0 bridgehead atoms. The topological polar surface area (TPSA) is 58.6 Å². The van der Waals surface area contributed by atoms with Crippen molar-refractivity contribution in [3.05, 3.63) is 65.7 Å². The van der Waals surface area contributed by atoms with Gasteiger partial charge in [0.2, 0.25) is 11.8 Å². The number of nitrogens with one attached hydrogen (secondary N) is 1. The van der Waals surface area contributed by atoms with Crippen LogP contribution in [-0.4, -0.2) is 43.5 Å². The Morgan fingerprint density at radius 2 is 1.70 bits per heavy atom. The lowest BCUT2D eigenvalue weighted by molar-refractivity contribution is -0.129. The molecule has 0 unspecified atom stereocenters. The number of benzene rings is 2. The molecule has 0 aliphatic heterocycles. The summed E-state index contributed by atoms with van der Waals surface area (Å²) >= 11 is 0. The van der Waals surface area contributed by atoms with Crippen molar-refractivity contribution in [1.29, 1.82) is 0 Å². The molecule has 144 valence electrons. The first kappa shape index (κ1) is 20.5. The van der Waals surface area contributed by atoms with Crippen LogP contribution in [0.15, 0.2) is 54.6 Å². The third kappa shape index (κ3) is 7.52. The Morgan fingerprint density at radius 1 is 0.963 bits per heavy atom. The van der Waals surface area contributed by atoms with Crippen LogP contribution < -0.4 is 10.1 Å². The molecule has 5 nitrogen and oxygen atoms in total. The van der Waals surface area contributed by atoms with E-state index in [0.29, 0.717) is 26.1 Å². The summed E-state index contributed by atoms with van der Waals surface area (Å²) in [5.41, 5.74) is 2.30. The number of carbonyl (C=O) groups excluding carboxylic acids is 2. The van der Waals surface area contributed by atoms with E-state index in [1.54, 1.807) is 18.9 Å². The molecule has 27 heavy (non-hydrogen) atoms. The minimum absolute atomic E-state index is 0.0185. The van der Waals surface area contributed by atoms with Crippen LogP contribution in [-0.2, 0) is 22.4 Å². The highest BCUT2D eigenvalue weighted by Gasteiger charge is 2.11. The Hall–Kier alpha value is -2.82. The van der Waals surface area contributed by atoms with Crippen molar-refractivity contribution in [3.8, 4) is 5.75 Å². The predicted octanol–water partition coefficient (Wildman–Crippen LogP) is 2.84. The average Bonchev–Trinajstić information content (AvgIpc) is 2.68. The minimum Gasteiger partial charge on any atom is -0.497 e. The van der Waals surface area contributed by atoms with Crippen molar-refractivity contribution in [2.24, 2.45) is 0 Å². The van der Waals surface area contributed by atoms with Gasteiger partial charge in [-0.25, -0.2) is 0 Å². The van der Waals surface area contributed by atoms with Crippen LogP contribution in [0.2, 0.25) is 0 Å². The fourth-order valence-corrected chi connectivity index (χ4v) is 2.83. The van der Waals surface area contributed by atoms with Crippen LogP contribution in [0.1, 0.15) is 24.5 Å². The maximum Gasteiger partial charge on any atom is 0.221 e. The molecule has 0 aliphatic rings. The maximum atomic E-state index is 12.1. The van der Waals surface area contributed by atoms with Crippen LogP contribution in [0.25, 0.3) is 0 Å². The Balaban J connectivity index is 1.73. The monoisotopic (exact) mass is 368 g/mol. The smallest absolute Gasteiger partial charge is 0.221 e. The number of hydrogen-bond acceptors (Lipinski definition) is 3. The van der Waals surface area contributed by atoms with Gasteiger partial charge in [-0.3, -0.25) is 9.59 Å². The molecule has 0 saturated carbocycles. The zero-order valence-electron chi connectivity index (χ0n) is 16.1. The summed E-state index contributed by atoms with van der Waals surface area (Å²) < 4.78 is 5.22. The van der Waals surface area contributed by atoms with Crippen LogP contribution >= 0.6 is 0 Å². The van der Waals surface area contributed by atoms with Gasteiger partial charge in [-0.05, 0) is 36.1 Å². The minimum atomic E-state index is -0.0291. The summed E-state index contributed by atoms with van der Waals surface area (Å²) in [6.07, 6.45) is 1.84. The lowest BCUT2D eigenvalue weighted by Gasteiger charge is -2.21. The van der Waals surface area contributed by atoms with Gasteiger partial charge in [-0.15, -0.1) is 0 Å². The second kappa shape index (κ2) is 11.0. The van der Waals surface area contributed by atoms with Gasteiger partial charge in [-0.1, -0.05) is 42.5 Å². The number of ether oxygens (including phenoxy) is 1. The van der Waals surface area contributed by atoms with Gasteiger partial charge < -0.3 is 15.0 Å². The molecule has 2 amide bonds. The van der Waals surface area contributed by atoms with Gasteiger partial charge in [0.15, 0.2) is 0 Å². The van der Waals surface area contributed by atoms with Crippen molar-refractivity contribution in [3.63, 3.8) is 0 Å². The van der Waals surface area contributed by atoms with Crippen LogP contribution in [0.3, 0.4) is 0 Å². The normalized spacial score (nSPS) is 10.3. The van der Waals surface area contributed by atoms with Crippen molar-refractivity contribution in [1.82, 2.24) is 10.2 Å². The van der Waals surface area contributed by atoms with E-state index in [4.69, 9.17) is 4.74 Å². The predicted molar refractivity (Wildman–Crippen MR) is 107 cm³/mol. The Kier molecular flexibility index (Phi) is 8.36. The van der Waals surface area contributed by atoms with Gasteiger partial charge in [0.1, 0.15) is 5.75 Å². The van der Waals surface area contributed by atoms with Crippen LogP contribution in [0.5, 0.6) is 5.75 Å². The molecule has 1 N–H and O–H groups in total. The Bertz CT molecular complexity index is 731. The van der Waals surface area contributed by atoms with E-state index in [-0.39, 0.29) is 11.8 Å². The van der Waals surface area contributed by atoms with Crippen LogP contribution in [0.4, 0.5) is 0 Å². The SMILES string of the molecule is COc1cccc(CCN(CCC(=O)NCCc2ccccc2)C(C)=O)c1. The molecule has 2 rings (SSSR count). The van der Waals surface area contributed by atoms with Gasteiger partial charge >= 0.3 is 0 Å². The fourth-order valence-electron chi connectivity index (χ4n) is 2.83. The number of carbonyl (C=O) groups is 2. The molecule has 2 aromatic rings. The summed E-state index contributed by atoms with van der Waals surface area (Å²) in [4.78, 5) is 25.6. The molecular formula is C22H28N2O3. The first-order valence-corrected chi connectivity index (χ1v) is 9.27. The molecule has 0 fully saturated rings. The molecule has 0 heterocycles. The number of nitrogens with zero attached hydrogens (tertiary/aromatic N) is 1. The van der Waals surface area contributed by atoms with Crippen molar-refractivity contribution < 1.29 is 14.3 Å². The molecule has 0 spiro atoms. The number of rotatable bonds is 10. The highest BCUT2D eigenvalue weighted by atomic mass is 16.5. The Labute approximate surface area is 161 Å². The summed E-state index contributed by atoms with van der Waals surface area (Å²) in [5.74, 6) is 0.758. The average molecular weight is 368 g/mol. The van der Waals surface area contributed by atoms with E-state index >= 15 is 0 Å². The third-order valence-electron chi connectivity index (χ3n) is 4.44. The molecule has 0 aromatic heterocycles. The molecule has 2 aromatic carbocycles. The van der Waals surface area contributed by atoms with E-state index in [9.17, 15) is 9.59 Å². The number of methoxy groups -OCH3 is 1. The highest BCUT2D eigenvalue weighted by molar-refractivity contribution is 5.78. The fraction of sp³-hybridized carbons (Fsp3) is 0.364. The van der Waals surface area contributed by atoms with Gasteiger partial charge in [0.05, 0.1) is 7.11 Å². The third-order valence-corrected chi connectivity index (χ3v) is 4.44. The molecule has 0 radical (unpaired) electrons. The molecule has 0 atom stereocenters. The standard InChI is InChI=1S/C22H28N2O3/c1-18(25)24(15-12-20-9-6-10-21(17-20)27-2)16-13-22(26)23-14-11-19-7-4-3-5-8-19/h3-10,17H,11-16H2,1-2H3,(H,23,26). The molecule has 0 aliphatic carbocycles. The van der Waals surface area contributed by atoms with E-state index in [0.717, 1.165) is 24.2 Å². The second-order valence-corrected chi connectivity index (χ2v) is 6.44. The van der Waals surface area contributed by atoms with E-state index < -0.39 is 0 Å². The lowest BCUT2D eigenvalue weighted by Crippen LogP contribution is -2.35. The summed E-state index contributed by atoms with van der Waals surface area (Å²) in [5, 5.41) is 2.92. The van der Waals surface area contributed by atoms with Gasteiger partial charge in [0.25, 0.3) is 0 Å². The van der Waals surface area contributed by atoms with E-state index in [1.165, 1.54) is 5.56 Å². The first-order chi connectivity index (χ1) is 13.1. The molecular weight excluding hydrogens is 340 g/mol.